The SMILES string of the molecule is COc1ccc(C(NC(=O)c2ccc(N)c([N+](=O)[O-])c2)c2ccccc2)cc1. The van der Waals surface area contributed by atoms with Gasteiger partial charge in [0.15, 0.2) is 0 Å². The second kappa shape index (κ2) is 8.22. The minimum atomic E-state index is -0.607. The van der Waals surface area contributed by atoms with Crippen LogP contribution in [0.15, 0.2) is 72.8 Å². The lowest BCUT2D eigenvalue weighted by molar-refractivity contribution is -0.383. The van der Waals surface area contributed by atoms with E-state index in [1.807, 2.05) is 54.6 Å². The van der Waals surface area contributed by atoms with Crippen molar-refractivity contribution in [2.75, 3.05) is 12.8 Å². The molecule has 1 atom stereocenters. The fourth-order valence-electron chi connectivity index (χ4n) is 2.86. The van der Waals surface area contributed by atoms with Crippen LogP contribution in [0.25, 0.3) is 0 Å². The van der Waals surface area contributed by atoms with E-state index in [1.54, 1.807) is 7.11 Å². The first-order valence-electron chi connectivity index (χ1n) is 8.53. The second-order valence-electron chi connectivity index (χ2n) is 6.12. The van der Waals surface area contributed by atoms with Crippen molar-refractivity contribution in [2.24, 2.45) is 0 Å². The molecule has 0 fully saturated rings. The van der Waals surface area contributed by atoms with Crippen LogP contribution >= 0.6 is 0 Å². The quantitative estimate of drug-likeness (QED) is 0.387. The normalized spacial score (nSPS) is 11.5. The molecule has 3 rings (SSSR count). The lowest BCUT2D eigenvalue weighted by Gasteiger charge is -2.20. The van der Waals surface area contributed by atoms with E-state index in [4.69, 9.17) is 10.5 Å². The number of nitrogens with zero attached hydrogens (tertiary/aromatic N) is 1. The first-order chi connectivity index (χ1) is 13.5. The molecule has 7 heteroatoms. The Morgan fingerprint density at radius 3 is 2.29 bits per heavy atom. The number of nitrogen functional groups attached to an aromatic ring is 1. The van der Waals surface area contributed by atoms with Gasteiger partial charge in [0.25, 0.3) is 11.6 Å². The van der Waals surface area contributed by atoms with E-state index < -0.39 is 16.9 Å². The van der Waals surface area contributed by atoms with E-state index in [0.717, 1.165) is 11.1 Å². The Morgan fingerprint density at radius 1 is 1.04 bits per heavy atom. The Labute approximate surface area is 161 Å². The van der Waals surface area contributed by atoms with Crippen LogP contribution in [0.3, 0.4) is 0 Å². The summed E-state index contributed by atoms with van der Waals surface area (Å²) in [5.74, 6) is 0.267. The van der Waals surface area contributed by atoms with Gasteiger partial charge in [-0.05, 0) is 35.4 Å². The Bertz CT molecular complexity index is 988. The molecule has 0 saturated carbocycles. The van der Waals surface area contributed by atoms with Crippen LogP contribution in [0.1, 0.15) is 27.5 Å². The molecule has 28 heavy (non-hydrogen) atoms. The second-order valence-corrected chi connectivity index (χ2v) is 6.12. The molecule has 0 saturated heterocycles. The number of nitrogens with one attached hydrogen (secondary N) is 1. The van der Waals surface area contributed by atoms with Crippen molar-refractivity contribution in [1.29, 1.82) is 0 Å². The van der Waals surface area contributed by atoms with Crippen molar-refractivity contribution < 1.29 is 14.5 Å². The number of hydrogen-bond donors (Lipinski definition) is 2. The van der Waals surface area contributed by atoms with Crippen LogP contribution in [0.2, 0.25) is 0 Å². The molecule has 0 aromatic heterocycles. The molecule has 7 nitrogen and oxygen atoms in total. The number of nitro groups is 1. The number of rotatable bonds is 6. The average molecular weight is 377 g/mol. The number of methoxy groups -OCH3 is 1. The highest BCUT2D eigenvalue weighted by Gasteiger charge is 2.20. The first-order valence-corrected chi connectivity index (χ1v) is 8.53. The molecule has 3 aromatic carbocycles. The number of anilines is 1. The van der Waals surface area contributed by atoms with Crippen LogP contribution < -0.4 is 15.8 Å². The van der Waals surface area contributed by atoms with Gasteiger partial charge >= 0.3 is 0 Å². The summed E-state index contributed by atoms with van der Waals surface area (Å²) in [5, 5.41) is 14.0. The Kier molecular flexibility index (Phi) is 5.55. The van der Waals surface area contributed by atoms with Crippen LogP contribution in [-0.2, 0) is 0 Å². The van der Waals surface area contributed by atoms with Gasteiger partial charge in [-0.1, -0.05) is 42.5 Å². The molecule has 142 valence electrons. The maximum Gasteiger partial charge on any atom is 0.292 e. The van der Waals surface area contributed by atoms with Crippen molar-refractivity contribution in [3.05, 3.63) is 99.6 Å². The van der Waals surface area contributed by atoms with Gasteiger partial charge in [0.05, 0.1) is 18.1 Å². The molecule has 0 aliphatic heterocycles. The number of carbonyl (C=O) groups excluding carboxylic acids is 1. The van der Waals surface area contributed by atoms with Crippen molar-refractivity contribution in [3.8, 4) is 5.75 Å². The molecule has 0 bridgehead atoms. The third-order valence-electron chi connectivity index (χ3n) is 4.35. The Balaban J connectivity index is 1.94. The summed E-state index contributed by atoms with van der Waals surface area (Å²) in [4.78, 5) is 23.3. The first kappa shape index (κ1) is 18.9. The van der Waals surface area contributed by atoms with Gasteiger partial charge in [-0.15, -0.1) is 0 Å². The predicted octanol–water partition coefficient (Wildman–Crippen LogP) is 3.71. The summed E-state index contributed by atoms with van der Waals surface area (Å²) < 4.78 is 5.19. The zero-order valence-corrected chi connectivity index (χ0v) is 15.2. The van der Waals surface area contributed by atoms with Crippen molar-refractivity contribution in [1.82, 2.24) is 5.32 Å². The summed E-state index contributed by atoms with van der Waals surface area (Å²) in [7, 11) is 1.58. The topological polar surface area (TPSA) is 107 Å². The number of hydrogen-bond acceptors (Lipinski definition) is 5. The van der Waals surface area contributed by atoms with Gasteiger partial charge in [-0.2, -0.15) is 0 Å². The number of ether oxygens (including phenoxy) is 1. The van der Waals surface area contributed by atoms with Gasteiger partial charge in [0.2, 0.25) is 0 Å². The van der Waals surface area contributed by atoms with Crippen molar-refractivity contribution in [2.45, 2.75) is 6.04 Å². The van der Waals surface area contributed by atoms with E-state index >= 15 is 0 Å². The zero-order chi connectivity index (χ0) is 20.1. The predicted molar refractivity (Wildman–Crippen MR) is 106 cm³/mol. The van der Waals surface area contributed by atoms with Gasteiger partial charge in [-0.25, -0.2) is 0 Å². The van der Waals surface area contributed by atoms with E-state index in [1.165, 1.54) is 18.2 Å². The molecule has 0 aliphatic rings. The molecule has 0 heterocycles. The highest BCUT2D eigenvalue weighted by atomic mass is 16.6. The zero-order valence-electron chi connectivity index (χ0n) is 15.2. The largest absolute Gasteiger partial charge is 0.497 e. The molecule has 1 unspecified atom stereocenters. The van der Waals surface area contributed by atoms with E-state index in [0.29, 0.717) is 5.75 Å². The molecular formula is C21H19N3O4. The third kappa shape index (κ3) is 4.09. The number of benzene rings is 3. The number of nitrogens with two attached hydrogens (primary N) is 1. The number of amides is 1. The lowest BCUT2D eigenvalue weighted by atomic mass is 9.98. The summed E-state index contributed by atoms with van der Waals surface area (Å²) in [5.41, 5.74) is 7.22. The summed E-state index contributed by atoms with van der Waals surface area (Å²) >= 11 is 0. The van der Waals surface area contributed by atoms with Gasteiger partial charge < -0.3 is 15.8 Å². The van der Waals surface area contributed by atoms with Crippen molar-refractivity contribution in [3.63, 3.8) is 0 Å². The van der Waals surface area contributed by atoms with Crippen LogP contribution in [0.5, 0.6) is 5.75 Å². The minimum Gasteiger partial charge on any atom is -0.497 e. The van der Waals surface area contributed by atoms with Gasteiger partial charge in [0.1, 0.15) is 11.4 Å². The van der Waals surface area contributed by atoms with E-state index in [2.05, 4.69) is 5.32 Å². The van der Waals surface area contributed by atoms with E-state index in [-0.39, 0.29) is 16.9 Å². The Morgan fingerprint density at radius 2 is 1.68 bits per heavy atom. The number of nitro benzene ring substituents is 1. The van der Waals surface area contributed by atoms with Crippen LogP contribution in [0, 0.1) is 10.1 Å². The maximum absolute atomic E-state index is 12.8. The minimum absolute atomic E-state index is 0.0105. The Hall–Kier alpha value is -3.87. The van der Waals surface area contributed by atoms with Gasteiger partial charge in [0, 0.05) is 11.6 Å². The van der Waals surface area contributed by atoms with Gasteiger partial charge in [-0.3, -0.25) is 14.9 Å². The molecule has 0 aliphatic carbocycles. The molecule has 3 N–H and O–H groups in total. The standard InChI is InChI=1S/C21H19N3O4/c1-28-17-10-7-15(8-11-17)20(14-5-3-2-4-6-14)23-21(25)16-9-12-18(22)19(13-16)24(26)27/h2-13,20H,22H2,1H3,(H,23,25). The lowest BCUT2D eigenvalue weighted by Crippen LogP contribution is -2.29. The monoisotopic (exact) mass is 377 g/mol. The molecule has 0 radical (unpaired) electrons. The summed E-state index contributed by atoms with van der Waals surface area (Å²) in [6.07, 6.45) is 0. The highest BCUT2D eigenvalue weighted by molar-refractivity contribution is 5.96. The highest BCUT2D eigenvalue weighted by Crippen LogP contribution is 2.26. The fourth-order valence-corrected chi connectivity index (χ4v) is 2.86. The van der Waals surface area contributed by atoms with Crippen LogP contribution in [-0.4, -0.2) is 17.9 Å². The molecule has 0 spiro atoms. The smallest absolute Gasteiger partial charge is 0.292 e. The summed E-state index contributed by atoms with van der Waals surface area (Å²) in [6, 6.07) is 20.4. The van der Waals surface area contributed by atoms with E-state index in [9.17, 15) is 14.9 Å². The fraction of sp³-hybridized carbons (Fsp3) is 0.0952. The molecule has 1 amide bonds. The third-order valence-corrected chi connectivity index (χ3v) is 4.35. The number of carbonyl (C=O) groups is 1. The van der Waals surface area contributed by atoms with Crippen LogP contribution in [0.4, 0.5) is 11.4 Å². The summed E-state index contributed by atoms with van der Waals surface area (Å²) in [6.45, 7) is 0. The maximum atomic E-state index is 12.8. The average Bonchev–Trinajstić information content (AvgIpc) is 2.72. The van der Waals surface area contributed by atoms with Crippen molar-refractivity contribution >= 4 is 17.3 Å². The molecule has 3 aromatic rings. The molecular weight excluding hydrogens is 358 g/mol.